The molecule has 1 nitrogen and oxygen atoms in total. The maximum Gasteiger partial charge on any atom is 0.00956 e. The second kappa shape index (κ2) is 3.14. The quantitative estimate of drug-likeness (QED) is 0.647. The average Bonchev–Trinajstić information content (AvgIpc) is 2.87. The molecule has 1 heteroatoms. The van der Waals surface area contributed by atoms with E-state index in [4.69, 9.17) is 5.73 Å². The van der Waals surface area contributed by atoms with Gasteiger partial charge in [-0.1, -0.05) is 19.3 Å². The van der Waals surface area contributed by atoms with Crippen LogP contribution in [0.5, 0.6) is 0 Å². The fourth-order valence-electron chi connectivity index (χ4n) is 2.39. The van der Waals surface area contributed by atoms with Crippen molar-refractivity contribution in [1.29, 1.82) is 0 Å². The molecule has 0 aliphatic heterocycles. The fourth-order valence-corrected chi connectivity index (χ4v) is 2.39. The molecule has 0 heterocycles. The second-order valence-electron chi connectivity index (χ2n) is 4.31. The van der Waals surface area contributed by atoms with Gasteiger partial charge in [-0.05, 0) is 37.5 Å². The Morgan fingerprint density at radius 1 is 0.818 bits per heavy atom. The summed E-state index contributed by atoms with van der Waals surface area (Å²) in [7, 11) is 0. The van der Waals surface area contributed by atoms with E-state index in [2.05, 4.69) is 0 Å². The molecule has 11 heavy (non-hydrogen) atoms. The number of hydrogen-bond acceptors (Lipinski definition) is 1. The standard InChI is InChI=1S/C10H19N/c11-10(9-6-7-9)8-4-2-1-3-5-8/h8-10H,1-7,11H2/t10-/m0/s1. The molecule has 0 aromatic rings. The van der Waals surface area contributed by atoms with Gasteiger partial charge in [-0.3, -0.25) is 0 Å². The molecule has 0 aromatic carbocycles. The first-order valence-corrected chi connectivity index (χ1v) is 5.13. The molecule has 2 N–H and O–H groups in total. The molecule has 2 fully saturated rings. The molecule has 0 amide bonds. The lowest BCUT2D eigenvalue weighted by Gasteiger charge is -2.27. The highest BCUT2D eigenvalue weighted by atomic mass is 14.7. The van der Waals surface area contributed by atoms with Crippen LogP contribution in [0.3, 0.4) is 0 Å². The molecule has 0 unspecified atom stereocenters. The zero-order valence-corrected chi connectivity index (χ0v) is 7.26. The topological polar surface area (TPSA) is 26.0 Å². The summed E-state index contributed by atoms with van der Waals surface area (Å²) in [6, 6.07) is 0.565. The van der Waals surface area contributed by atoms with Crippen LogP contribution in [-0.4, -0.2) is 6.04 Å². The van der Waals surface area contributed by atoms with E-state index in [1.54, 1.807) is 0 Å². The van der Waals surface area contributed by atoms with E-state index in [0.717, 1.165) is 11.8 Å². The summed E-state index contributed by atoms with van der Waals surface area (Å²) in [4.78, 5) is 0. The van der Waals surface area contributed by atoms with Gasteiger partial charge in [0.2, 0.25) is 0 Å². The van der Waals surface area contributed by atoms with Gasteiger partial charge < -0.3 is 5.73 Å². The molecule has 2 aliphatic rings. The van der Waals surface area contributed by atoms with Crippen molar-refractivity contribution in [3.63, 3.8) is 0 Å². The van der Waals surface area contributed by atoms with Gasteiger partial charge in [0.05, 0.1) is 0 Å². The third-order valence-electron chi connectivity index (χ3n) is 3.36. The van der Waals surface area contributed by atoms with E-state index in [9.17, 15) is 0 Å². The Kier molecular flexibility index (Phi) is 2.17. The lowest BCUT2D eigenvalue weighted by atomic mass is 9.82. The fraction of sp³-hybridized carbons (Fsp3) is 1.00. The Balaban J connectivity index is 1.81. The molecule has 2 aliphatic carbocycles. The molecule has 2 saturated carbocycles. The molecule has 0 saturated heterocycles. The number of nitrogens with two attached hydrogens (primary N) is 1. The van der Waals surface area contributed by atoms with Gasteiger partial charge in [0.1, 0.15) is 0 Å². The third kappa shape index (κ3) is 1.76. The largest absolute Gasteiger partial charge is 0.327 e. The predicted molar refractivity (Wildman–Crippen MR) is 47.3 cm³/mol. The Hall–Kier alpha value is -0.0400. The Labute approximate surface area is 69.4 Å². The Morgan fingerprint density at radius 3 is 1.91 bits per heavy atom. The average molecular weight is 153 g/mol. The van der Waals surface area contributed by atoms with E-state index >= 15 is 0 Å². The van der Waals surface area contributed by atoms with Crippen molar-refractivity contribution in [2.24, 2.45) is 17.6 Å². The summed E-state index contributed by atoms with van der Waals surface area (Å²) >= 11 is 0. The SMILES string of the molecule is N[C@@H](C1CCCCC1)C1CC1. The van der Waals surface area contributed by atoms with Crippen LogP contribution >= 0.6 is 0 Å². The van der Waals surface area contributed by atoms with Gasteiger partial charge >= 0.3 is 0 Å². The first-order valence-electron chi connectivity index (χ1n) is 5.13. The van der Waals surface area contributed by atoms with Crippen molar-refractivity contribution in [3.8, 4) is 0 Å². The lowest BCUT2D eigenvalue weighted by Crippen LogP contribution is -2.33. The Bertz CT molecular complexity index is 123. The number of rotatable bonds is 2. The first-order chi connectivity index (χ1) is 5.38. The minimum Gasteiger partial charge on any atom is -0.327 e. The van der Waals surface area contributed by atoms with E-state index in [-0.39, 0.29) is 0 Å². The van der Waals surface area contributed by atoms with Crippen molar-refractivity contribution in [2.75, 3.05) is 0 Å². The monoisotopic (exact) mass is 153 g/mol. The minimum atomic E-state index is 0.565. The van der Waals surface area contributed by atoms with Gasteiger partial charge in [0, 0.05) is 6.04 Å². The third-order valence-corrected chi connectivity index (χ3v) is 3.36. The van der Waals surface area contributed by atoms with Crippen molar-refractivity contribution in [1.82, 2.24) is 0 Å². The van der Waals surface area contributed by atoms with Crippen molar-refractivity contribution < 1.29 is 0 Å². The zero-order chi connectivity index (χ0) is 7.68. The van der Waals surface area contributed by atoms with Crippen LogP contribution < -0.4 is 5.73 Å². The summed E-state index contributed by atoms with van der Waals surface area (Å²) in [5.74, 6) is 1.80. The molecule has 0 radical (unpaired) electrons. The van der Waals surface area contributed by atoms with Gasteiger partial charge in [0.15, 0.2) is 0 Å². The summed E-state index contributed by atoms with van der Waals surface area (Å²) in [5.41, 5.74) is 6.15. The molecule has 0 aromatic heterocycles. The van der Waals surface area contributed by atoms with Gasteiger partial charge in [-0.25, -0.2) is 0 Å². The van der Waals surface area contributed by atoms with E-state index in [0.29, 0.717) is 6.04 Å². The van der Waals surface area contributed by atoms with Gasteiger partial charge in [0.25, 0.3) is 0 Å². The van der Waals surface area contributed by atoms with Crippen LogP contribution in [0.2, 0.25) is 0 Å². The summed E-state index contributed by atoms with van der Waals surface area (Å²) in [5, 5.41) is 0. The molecule has 64 valence electrons. The van der Waals surface area contributed by atoms with Gasteiger partial charge in [-0.2, -0.15) is 0 Å². The molecule has 1 atom stereocenters. The highest BCUT2D eigenvalue weighted by Crippen LogP contribution is 2.38. The summed E-state index contributed by atoms with van der Waals surface area (Å²) in [6.45, 7) is 0. The van der Waals surface area contributed by atoms with Crippen molar-refractivity contribution in [2.45, 2.75) is 51.0 Å². The van der Waals surface area contributed by atoms with Crippen LogP contribution in [0.15, 0.2) is 0 Å². The zero-order valence-electron chi connectivity index (χ0n) is 7.26. The van der Waals surface area contributed by atoms with Crippen LogP contribution in [0.1, 0.15) is 44.9 Å². The van der Waals surface area contributed by atoms with Gasteiger partial charge in [-0.15, -0.1) is 0 Å². The normalized spacial score (nSPS) is 30.3. The van der Waals surface area contributed by atoms with Crippen molar-refractivity contribution >= 4 is 0 Å². The summed E-state index contributed by atoms with van der Waals surface area (Å²) in [6.07, 6.45) is 9.98. The van der Waals surface area contributed by atoms with Crippen LogP contribution in [0.4, 0.5) is 0 Å². The molecule has 0 spiro atoms. The molecule has 2 rings (SSSR count). The van der Waals surface area contributed by atoms with E-state index in [1.165, 1.54) is 44.9 Å². The van der Waals surface area contributed by atoms with Crippen LogP contribution in [0.25, 0.3) is 0 Å². The maximum atomic E-state index is 6.15. The van der Waals surface area contributed by atoms with E-state index in [1.807, 2.05) is 0 Å². The number of hydrogen-bond donors (Lipinski definition) is 1. The minimum absolute atomic E-state index is 0.565. The lowest BCUT2D eigenvalue weighted by molar-refractivity contribution is 0.286. The van der Waals surface area contributed by atoms with Crippen molar-refractivity contribution in [3.05, 3.63) is 0 Å². The smallest absolute Gasteiger partial charge is 0.00956 e. The van der Waals surface area contributed by atoms with Crippen LogP contribution in [0, 0.1) is 11.8 Å². The molecule has 0 bridgehead atoms. The predicted octanol–water partition coefficient (Wildman–Crippen LogP) is 2.30. The molecular formula is C10H19N. The maximum absolute atomic E-state index is 6.15. The highest BCUT2D eigenvalue weighted by Gasteiger charge is 2.33. The highest BCUT2D eigenvalue weighted by molar-refractivity contribution is 4.89. The second-order valence-corrected chi connectivity index (χ2v) is 4.31. The summed E-state index contributed by atoms with van der Waals surface area (Å²) < 4.78 is 0. The van der Waals surface area contributed by atoms with E-state index < -0.39 is 0 Å². The molecular weight excluding hydrogens is 134 g/mol. The first kappa shape index (κ1) is 7.60. The Morgan fingerprint density at radius 2 is 1.36 bits per heavy atom. The van der Waals surface area contributed by atoms with Crippen LogP contribution in [-0.2, 0) is 0 Å².